The number of hydrogen-bond donors (Lipinski definition) is 3. The number of nitrogens with one attached hydrogen (secondary N) is 3. The van der Waals surface area contributed by atoms with E-state index >= 15 is 4.39 Å². The van der Waals surface area contributed by atoms with Gasteiger partial charge in [0.2, 0.25) is 5.82 Å². The van der Waals surface area contributed by atoms with Crippen LogP contribution in [-0.2, 0) is 24.2 Å². The molecule has 0 aliphatic carbocycles. The monoisotopic (exact) mass is 564 g/mol. The number of carbonyl (C=O) groups excluding carboxylic acids is 2. The molecular formula is C27H29FN8O5. The van der Waals surface area contributed by atoms with Crippen LogP contribution in [0.3, 0.4) is 0 Å². The maximum absolute atomic E-state index is 15.0. The Morgan fingerprint density at radius 2 is 1.93 bits per heavy atom. The molecule has 41 heavy (non-hydrogen) atoms. The van der Waals surface area contributed by atoms with Crippen molar-refractivity contribution in [3.63, 3.8) is 0 Å². The summed E-state index contributed by atoms with van der Waals surface area (Å²) in [7, 11) is 1.24. The molecule has 0 saturated carbocycles. The molecule has 0 saturated heterocycles. The van der Waals surface area contributed by atoms with Crippen LogP contribution in [0, 0.1) is 5.82 Å². The average Bonchev–Trinajstić information content (AvgIpc) is 3.38. The molecule has 0 unspecified atom stereocenters. The second-order valence-electron chi connectivity index (χ2n) is 9.88. The highest BCUT2D eigenvalue weighted by atomic mass is 19.1. The highest BCUT2D eigenvalue weighted by Gasteiger charge is 2.22. The molecule has 14 heteroatoms. The van der Waals surface area contributed by atoms with Crippen molar-refractivity contribution in [2.75, 3.05) is 12.4 Å². The number of nitrogens with zero attached hydrogens (tertiary/aromatic N) is 5. The molecule has 0 bridgehead atoms. The first-order chi connectivity index (χ1) is 19.5. The Balaban J connectivity index is 1.34. The van der Waals surface area contributed by atoms with Crippen LogP contribution in [0.2, 0.25) is 0 Å². The van der Waals surface area contributed by atoms with Crippen molar-refractivity contribution >= 4 is 17.7 Å². The van der Waals surface area contributed by atoms with Crippen LogP contribution in [0.5, 0.6) is 5.75 Å². The van der Waals surface area contributed by atoms with E-state index in [9.17, 15) is 14.4 Å². The van der Waals surface area contributed by atoms with Gasteiger partial charge >= 0.3 is 6.09 Å². The predicted molar refractivity (Wildman–Crippen MR) is 145 cm³/mol. The van der Waals surface area contributed by atoms with Crippen LogP contribution in [-0.4, -0.2) is 54.4 Å². The molecule has 0 atom stereocenters. The molecule has 0 fully saturated rings. The number of anilines is 1. The number of ether oxygens (including phenoxy) is 2. The normalized spacial score (nSPS) is 11.1. The molecule has 4 aromatic rings. The molecule has 0 radical (unpaired) electrons. The van der Waals surface area contributed by atoms with Crippen LogP contribution < -0.4 is 20.9 Å². The zero-order valence-corrected chi connectivity index (χ0v) is 22.9. The van der Waals surface area contributed by atoms with Crippen LogP contribution in [0.15, 0.2) is 53.7 Å². The van der Waals surface area contributed by atoms with Gasteiger partial charge in [-0.2, -0.15) is 0 Å². The van der Waals surface area contributed by atoms with Crippen molar-refractivity contribution in [3.8, 4) is 5.75 Å². The third-order valence-electron chi connectivity index (χ3n) is 5.53. The van der Waals surface area contributed by atoms with Gasteiger partial charge in [0, 0.05) is 24.9 Å². The lowest BCUT2D eigenvalue weighted by Crippen LogP contribution is -2.28. The molecule has 0 aliphatic heterocycles. The summed E-state index contributed by atoms with van der Waals surface area (Å²) in [5.74, 6) is -1.47. The van der Waals surface area contributed by atoms with E-state index in [4.69, 9.17) is 9.47 Å². The second-order valence-corrected chi connectivity index (χ2v) is 9.88. The Morgan fingerprint density at radius 1 is 1.12 bits per heavy atom. The zero-order valence-electron chi connectivity index (χ0n) is 22.9. The molecule has 214 valence electrons. The molecule has 4 aromatic heterocycles. The standard InChI is InChI=1S/C27H29FN8O5/c1-27(2,3)41-26(39)32-19-14-30-18(22(28)23(19)40-4)13-31-25(38)24-33-20(34-35-24)11-16-8-9-17(29-12-16)15-36-10-6-5-7-21(36)37/h5-10,12,14H,11,13,15H2,1-4H3,(H,31,38)(H,32,39)(H,33,34,35). The van der Waals surface area contributed by atoms with E-state index in [-0.39, 0.29) is 35.1 Å². The smallest absolute Gasteiger partial charge is 0.412 e. The molecule has 13 nitrogen and oxygen atoms in total. The lowest BCUT2D eigenvalue weighted by atomic mass is 10.2. The summed E-state index contributed by atoms with van der Waals surface area (Å²) < 4.78 is 26.8. The molecule has 0 aliphatic rings. The molecule has 4 heterocycles. The number of aromatic amines is 1. The van der Waals surface area contributed by atoms with Gasteiger partial charge in [0.15, 0.2) is 11.6 Å². The van der Waals surface area contributed by atoms with Crippen LogP contribution in [0.4, 0.5) is 14.9 Å². The Morgan fingerprint density at radius 3 is 2.61 bits per heavy atom. The summed E-state index contributed by atoms with van der Waals surface area (Å²) in [5, 5.41) is 11.6. The van der Waals surface area contributed by atoms with Gasteiger partial charge in [-0.1, -0.05) is 12.1 Å². The number of pyridine rings is 3. The molecule has 2 amide bonds. The van der Waals surface area contributed by atoms with E-state index in [1.807, 2.05) is 12.1 Å². The Hall–Kier alpha value is -5.14. The fourth-order valence-corrected chi connectivity index (χ4v) is 3.66. The first-order valence-electron chi connectivity index (χ1n) is 12.5. The molecule has 4 rings (SSSR count). The fourth-order valence-electron chi connectivity index (χ4n) is 3.66. The lowest BCUT2D eigenvalue weighted by Gasteiger charge is -2.20. The third kappa shape index (κ3) is 7.71. The van der Waals surface area contributed by atoms with Crippen molar-refractivity contribution in [2.24, 2.45) is 0 Å². The van der Waals surface area contributed by atoms with Gasteiger partial charge in [-0.05, 0) is 38.5 Å². The Labute approximate surface area is 234 Å². The zero-order chi connectivity index (χ0) is 29.6. The van der Waals surface area contributed by atoms with Gasteiger partial charge in [0.1, 0.15) is 17.1 Å². The van der Waals surface area contributed by atoms with Crippen molar-refractivity contribution in [1.82, 2.24) is 35.0 Å². The van der Waals surface area contributed by atoms with Gasteiger partial charge < -0.3 is 19.4 Å². The van der Waals surface area contributed by atoms with Crippen molar-refractivity contribution in [1.29, 1.82) is 0 Å². The van der Waals surface area contributed by atoms with E-state index in [0.717, 1.165) is 5.56 Å². The summed E-state index contributed by atoms with van der Waals surface area (Å²) in [4.78, 5) is 49.1. The highest BCUT2D eigenvalue weighted by molar-refractivity contribution is 5.90. The first-order valence-corrected chi connectivity index (χ1v) is 12.5. The minimum absolute atomic E-state index is 0.0237. The average molecular weight is 565 g/mol. The summed E-state index contributed by atoms with van der Waals surface area (Å²) in [6.45, 7) is 5.14. The van der Waals surface area contributed by atoms with Gasteiger partial charge in [-0.25, -0.2) is 14.2 Å². The minimum atomic E-state index is -0.856. The maximum Gasteiger partial charge on any atom is 0.412 e. The van der Waals surface area contributed by atoms with Crippen LogP contribution in [0.25, 0.3) is 0 Å². The van der Waals surface area contributed by atoms with Crippen molar-refractivity contribution in [2.45, 2.75) is 45.9 Å². The molecule has 3 N–H and O–H groups in total. The molecule has 0 aromatic carbocycles. The van der Waals surface area contributed by atoms with Crippen molar-refractivity contribution < 1.29 is 23.5 Å². The number of hydrogen-bond acceptors (Lipinski definition) is 9. The minimum Gasteiger partial charge on any atom is -0.491 e. The molecule has 0 spiro atoms. The largest absolute Gasteiger partial charge is 0.491 e. The summed E-state index contributed by atoms with van der Waals surface area (Å²) in [6, 6.07) is 8.60. The summed E-state index contributed by atoms with van der Waals surface area (Å²) in [5.41, 5.74) is 0.520. The number of methoxy groups -OCH3 is 1. The second kappa shape index (κ2) is 12.4. The fraction of sp³-hybridized carbons (Fsp3) is 0.296. The van der Waals surface area contributed by atoms with Gasteiger partial charge in [-0.15, -0.1) is 5.10 Å². The van der Waals surface area contributed by atoms with E-state index in [0.29, 0.717) is 24.5 Å². The SMILES string of the molecule is COc1c(NC(=O)OC(C)(C)C)cnc(CNC(=O)c2n[nH]c(Cc3ccc(Cn4ccccc4=O)nc3)n2)c1F. The number of carbonyl (C=O) groups is 2. The van der Waals surface area contributed by atoms with Crippen molar-refractivity contribution in [3.05, 3.63) is 93.7 Å². The first kappa shape index (κ1) is 28.9. The van der Waals surface area contributed by atoms with Gasteiger partial charge in [-0.3, -0.25) is 30.0 Å². The number of aromatic nitrogens is 6. The number of amides is 2. The topological polar surface area (TPSA) is 166 Å². The quantitative estimate of drug-likeness (QED) is 0.277. The van der Waals surface area contributed by atoms with E-state index in [1.54, 1.807) is 49.9 Å². The van der Waals surface area contributed by atoms with E-state index in [2.05, 4.69) is 35.8 Å². The van der Waals surface area contributed by atoms with Crippen LogP contribution >= 0.6 is 0 Å². The third-order valence-corrected chi connectivity index (χ3v) is 5.53. The number of rotatable bonds is 9. The van der Waals surface area contributed by atoms with E-state index < -0.39 is 23.4 Å². The van der Waals surface area contributed by atoms with Crippen LogP contribution in [0.1, 0.15) is 54.2 Å². The highest BCUT2D eigenvalue weighted by Crippen LogP contribution is 2.29. The predicted octanol–water partition coefficient (Wildman–Crippen LogP) is 2.82. The Bertz CT molecular complexity index is 1590. The summed E-state index contributed by atoms with van der Waals surface area (Å²) in [6.07, 6.45) is 4.09. The number of H-pyrrole nitrogens is 1. The van der Waals surface area contributed by atoms with E-state index in [1.165, 1.54) is 19.4 Å². The maximum atomic E-state index is 15.0. The summed E-state index contributed by atoms with van der Waals surface area (Å²) >= 11 is 0. The Kier molecular flexibility index (Phi) is 8.70. The number of halogens is 1. The van der Waals surface area contributed by atoms with Gasteiger partial charge in [0.25, 0.3) is 11.5 Å². The lowest BCUT2D eigenvalue weighted by molar-refractivity contribution is 0.0635. The van der Waals surface area contributed by atoms with Gasteiger partial charge in [0.05, 0.1) is 37.8 Å². The molecular weight excluding hydrogens is 535 g/mol.